The standard InChI is InChI=1S/C21H22ClFN2O3/c22-17-5-1-16(2-6-17)21(28)25-13-11-24(12-14-25)19(9-10-20(26)27)15-3-7-18(23)8-4-15/h1-8,19H,9-14H2,(H,26,27)/t19-/m0/s1. The highest BCUT2D eigenvalue weighted by molar-refractivity contribution is 6.30. The molecule has 0 radical (unpaired) electrons. The van der Waals surface area contributed by atoms with E-state index in [4.69, 9.17) is 16.7 Å². The van der Waals surface area contributed by atoms with Crippen LogP contribution in [0.3, 0.4) is 0 Å². The highest BCUT2D eigenvalue weighted by Crippen LogP contribution is 2.27. The highest BCUT2D eigenvalue weighted by atomic mass is 35.5. The van der Waals surface area contributed by atoms with Crippen molar-refractivity contribution in [1.29, 1.82) is 0 Å². The van der Waals surface area contributed by atoms with Crippen LogP contribution >= 0.6 is 11.6 Å². The summed E-state index contributed by atoms with van der Waals surface area (Å²) in [6, 6.07) is 12.9. The maximum atomic E-state index is 13.3. The van der Waals surface area contributed by atoms with Crippen molar-refractivity contribution in [3.05, 3.63) is 70.5 Å². The van der Waals surface area contributed by atoms with Crippen molar-refractivity contribution in [2.45, 2.75) is 18.9 Å². The van der Waals surface area contributed by atoms with Gasteiger partial charge in [-0.25, -0.2) is 4.39 Å². The van der Waals surface area contributed by atoms with Gasteiger partial charge in [-0.05, 0) is 48.4 Å². The molecule has 1 atom stereocenters. The minimum atomic E-state index is -0.858. The zero-order chi connectivity index (χ0) is 20.1. The van der Waals surface area contributed by atoms with E-state index in [2.05, 4.69) is 4.90 Å². The average molecular weight is 405 g/mol. The Kier molecular flexibility index (Phi) is 6.65. The summed E-state index contributed by atoms with van der Waals surface area (Å²) in [6.07, 6.45) is 0.470. The van der Waals surface area contributed by atoms with Crippen LogP contribution in [-0.4, -0.2) is 53.0 Å². The molecule has 1 heterocycles. The molecule has 2 aromatic rings. The minimum absolute atomic E-state index is 0.0337. The van der Waals surface area contributed by atoms with Crippen LogP contribution in [0.15, 0.2) is 48.5 Å². The first-order valence-corrected chi connectivity index (χ1v) is 9.58. The fourth-order valence-corrected chi connectivity index (χ4v) is 3.64. The summed E-state index contributed by atoms with van der Waals surface area (Å²) in [5.74, 6) is -1.22. The first kappa shape index (κ1) is 20.3. The maximum Gasteiger partial charge on any atom is 0.303 e. The number of carbonyl (C=O) groups excluding carboxylic acids is 1. The van der Waals surface area contributed by atoms with Crippen LogP contribution < -0.4 is 0 Å². The lowest BCUT2D eigenvalue weighted by Gasteiger charge is -2.39. The molecule has 2 aromatic carbocycles. The molecule has 28 heavy (non-hydrogen) atoms. The van der Waals surface area contributed by atoms with Gasteiger partial charge in [0.25, 0.3) is 5.91 Å². The monoisotopic (exact) mass is 404 g/mol. The number of rotatable bonds is 6. The number of aliphatic carboxylic acids is 1. The fourth-order valence-electron chi connectivity index (χ4n) is 3.52. The zero-order valence-electron chi connectivity index (χ0n) is 15.4. The van der Waals surface area contributed by atoms with Crippen LogP contribution in [0.1, 0.15) is 34.8 Å². The molecular weight excluding hydrogens is 383 g/mol. The Labute approximate surface area is 168 Å². The summed E-state index contributed by atoms with van der Waals surface area (Å²) in [4.78, 5) is 27.7. The van der Waals surface area contributed by atoms with E-state index < -0.39 is 5.97 Å². The molecule has 7 heteroatoms. The number of carbonyl (C=O) groups is 2. The average Bonchev–Trinajstić information content (AvgIpc) is 2.70. The molecule has 0 aliphatic carbocycles. The Bertz CT molecular complexity index is 819. The van der Waals surface area contributed by atoms with Crippen LogP contribution in [0, 0.1) is 5.82 Å². The van der Waals surface area contributed by atoms with Crippen LogP contribution in [0.2, 0.25) is 5.02 Å². The molecule has 0 unspecified atom stereocenters. The van der Waals surface area contributed by atoms with E-state index in [-0.39, 0.29) is 24.2 Å². The molecule has 3 rings (SSSR count). The maximum absolute atomic E-state index is 13.3. The van der Waals surface area contributed by atoms with Gasteiger partial charge < -0.3 is 10.0 Å². The van der Waals surface area contributed by atoms with Crippen LogP contribution in [0.4, 0.5) is 4.39 Å². The number of hydrogen-bond donors (Lipinski definition) is 1. The first-order chi connectivity index (χ1) is 13.4. The highest BCUT2D eigenvalue weighted by Gasteiger charge is 2.28. The number of halogens is 2. The summed E-state index contributed by atoms with van der Waals surface area (Å²) < 4.78 is 13.3. The molecule has 0 aromatic heterocycles. The van der Waals surface area contributed by atoms with Crippen LogP contribution in [0.25, 0.3) is 0 Å². The summed E-state index contributed by atoms with van der Waals surface area (Å²) in [6.45, 7) is 2.35. The first-order valence-electron chi connectivity index (χ1n) is 9.20. The normalized spacial score (nSPS) is 16.0. The Morgan fingerprint density at radius 1 is 1.00 bits per heavy atom. The fraction of sp³-hybridized carbons (Fsp3) is 0.333. The van der Waals surface area contributed by atoms with Crippen molar-refractivity contribution in [2.24, 2.45) is 0 Å². The largest absolute Gasteiger partial charge is 0.481 e. The van der Waals surface area contributed by atoms with Gasteiger partial charge in [-0.1, -0.05) is 23.7 Å². The van der Waals surface area contributed by atoms with E-state index in [9.17, 15) is 14.0 Å². The SMILES string of the molecule is O=C(O)CC[C@@H](c1ccc(F)cc1)N1CCN(C(=O)c2ccc(Cl)cc2)CC1. The molecule has 1 fully saturated rings. The number of piperazine rings is 1. The lowest BCUT2D eigenvalue weighted by atomic mass is 9.99. The van der Waals surface area contributed by atoms with Crippen molar-refractivity contribution >= 4 is 23.5 Å². The molecule has 0 spiro atoms. The van der Waals surface area contributed by atoms with Crippen molar-refractivity contribution in [3.8, 4) is 0 Å². The number of nitrogens with zero attached hydrogens (tertiary/aromatic N) is 2. The Morgan fingerprint density at radius 2 is 1.61 bits per heavy atom. The van der Waals surface area contributed by atoms with Gasteiger partial charge in [-0.2, -0.15) is 0 Å². The quantitative estimate of drug-likeness (QED) is 0.794. The van der Waals surface area contributed by atoms with E-state index in [1.807, 2.05) is 0 Å². The summed E-state index contributed by atoms with van der Waals surface area (Å²) in [5, 5.41) is 9.66. The van der Waals surface area contributed by atoms with Gasteiger partial charge in [0.1, 0.15) is 5.82 Å². The van der Waals surface area contributed by atoms with Gasteiger partial charge in [0.15, 0.2) is 0 Å². The molecule has 1 amide bonds. The lowest BCUT2D eigenvalue weighted by molar-refractivity contribution is -0.137. The van der Waals surface area contributed by atoms with Crippen LogP contribution in [-0.2, 0) is 4.79 Å². The van der Waals surface area contributed by atoms with E-state index in [1.165, 1.54) is 12.1 Å². The third-order valence-electron chi connectivity index (χ3n) is 5.02. The van der Waals surface area contributed by atoms with Gasteiger partial charge in [0.05, 0.1) is 0 Å². The van der Waals surface area contributed by atoms with E-state index in [0.29, 0.717) is 43.2 Å². The van der Waals surface area contributed by atoms with Crippen molar-refractivity contribution in [1.82, 2.24) is 9.80 Å². The lowest BCUT2D eigenvalue weighted by Crippen LogP contribution is -2.49. The zero-order valence-corrected chi connectivity index (χ0v) is 16.1. The number of carboxylic acids is 1. The van der Waals surface area contributed by atoms with E-state index in [1.54, 1.807) is 41.3 Å². The third-order valence-corrected chi connectivity index (χ3v) is 5.27. The molecule has 148 valence electrons. The second-order valence-electron chi connectivity index (χ2n) is 6.83. The van der Waals surface area contributed by atoms with Crippen molar-refractivity contribution in [2.75, 3.05) is 26.2 Å². The molecule has 1 aliphatic heterocycles. The second-order valence-corrected chi connectivity index (χ2v) is 7.27. The molecule has 0 saturated carbocycles. The summed E-state index contributed by atoms with van der Waals surface area (Å²) >= 11 is 5.88. The van der Waals surface area contributed by atoms with Crippen molar-refractivity contribution < 1.29 is 19.1 Å². The van der Waals surface area contributed by atoms with Gasteiger partial charge in [-0.3, -0.25) is 14.5 Å². The predicted molar refractivity (Wildman–Crippen MR) is 105 cm³/mol. The molecular formula is C21H22ClFN2O3. The minimum Gasteiger partial charge on any atom is -0.481 e. The Morgan fingerprint density at radius 3 is 2.18 bits per heavy atom. The molecule has 5 nitrogen and oxygen atoms in total. The summed E-state index contributed by atoms with van der Waals surface area (Å²) in [5.41, 5.74) is 1.49. The molecule has 1 N–H and O–H groups in total. The molecule has 1 saturated heterocycles. The smallest absolute Gasteiger partial charge is 0.303 e. The number of hydrogen-bond acceptors (Lipinski definition) is 3. The Hall–Kier alpha value is -2.44. The molecule has 0 bridgehead atoms. The van der Waals surface area contributed by atoms with Gasteiger partial charge in [-0.15, -0.1) is 0 Å². The number of benzene rings is 2. The van der Waals surface area contributed by atoms with Gasteiger partial charge in [0.2, 0.25) is 0 Å². The topological polar surface area (TPSA) is 60.9 Å². The van der Waals surface area contributed by atoms with Crippen LogP contribution in [0.5, 0.6) is 0 Å². The number of amides is 1. The predicted octanol–water partition coefficient (Wildman–Crippen LogP) is 3.84. The van der Waals surface area contributed by atoms with Gasteiger partial charge >= 0.3 is 5.97 Å². The van der Waals surface area contributed by atoms with E-state index >= 15 is 0 Å². The third kappa shape index (κ3) is 5.09. The summed E-state index contributed by atoms with van der Waals surface area (Å²) in [7, 11) is 0. The number of carboxylic acid groups (broad SMARTS) is 1. The molecule has 1 aliphatic rings. The van der Waals surface area contributed by atoms with Crippen molar-refractivity contribution in [3.63, 3.8) is 0 Å². The Balaban J connectivity index is 1.67. The van der Waals surface area contributed by atoms with Gasteiger partial charge in [0, 0.05) is 49.2 Å². The second kappa shape index (κ2) is 9.17. The van der Waals surface area contributed by atoms with E-state index in [0.717, 1.165) is 5.56 Å².